The monoisotopic (exact) mass is 899 g/mol. The molecule has 0 radical (unpaired) electrons. The minimum Gasteiger partial charge on any atom is -0.371 e. The summed E-state index contributed by atoms with van der Waals surface area (Å²) in [6, 6.07) is 17.2. The Hall–Kier alpha value is -3.89. The fourth-order valence-corrected chi connectivity index (χ4v) is 8.86. The van der Waals surface area contributed by atoms with E-state index in [-0.39, 0.29) is 29.4 Å². The van der Waals surface area contributed by atoms with Crippen molar-refractivity contribution in [1.82, 2.24) is 4.90 Å². The molecule has 4 aliphatic rings. The molecule has 0 saturated carbocycles. The fraction of sp³-hybridized carbons (Fsp3) is 0.404. The van der Waals surface area contributed by atoms with Crippen LogP contribution in [0.25, 0.3) is 11.1 Å². The zero-order valence-electron chi connectivity index (χ0n) is 37.5. The Balaban J connectivity index is 0.000000430. The molecule has 0 aliphatic heterocycles. The number of halogens is 1. The van der Waals surface area contributed by atoms with Gasteiger partial charge in [0.15, 0.2) is 0 Å². The maximum absolute atomic E-state index is 4.67. The van der Waals surface area contributed by atoms with Crippen LogP contribution in [0.3, 0.4) is 0 Å². The normalized spacial score (nSPS) is 19.9. The lowest BCUT2D eigenvalue weighted by atomic mass is 9.74. The van der Waals surface area contributed by atoms with E-state index in [2.05, 4.69) is 181 Å². The number of benzene rings is 2. The highest BCUT2D eigenvalue weighted by Crippen LogP contribution is 2.40. The number of aryl methyl sites for hydroxylation is 2. The first-order chi connectivity index (χ1) is 28.1. The summed E-state index contributed by atoms with van der Waals surface area (Å²) in [6.07, 6.45) is 43.7. The van der Waals surface area contributed by atoms with E-state index in [9.17, 15) is 0 Å². The van der Waals surface area contributed by atoms with Gasteiger partial charge < -0.3 is 4.90 Å². The zero-order valence-corrected chi connectivity index (χ0v) is 39.8. The fourth-order valence-electron chi connectivity index (χ4n) is 8.86. The van der Waals surface area contributed by atoms with Crippen molar-refractivity contribution in [2.75, 3.05) is 13.1 Å². The quantitative estimate of drug-likeness (QED) is 0.0922. The van der Waals surface area contributed by atoms with Gasteiger partial charge in [0, 0.05) is 24.2 Å². The summed E-state index contributed by atoms with van der Waals surface area (Å²) >= 11 is 0. The Labute approximate surface area is 377 Å². The molecule has 2 atom stereocenters. The maximum Gasteiger partial charge on any atom is 0.0323 e. The number of hydrogen-bond donors (Lipinski definition) is 0. The molecule has 314 valence electrons. The van der Waals surface area contributed by atoms with Crippen LogP contribution in [0.2, 0.25) is 0 Å². The highest BCUT2D eigenvalue weighted by molar-refractivity contribution is 14.0. The van der Waals surface area contributed by atoms with Crippen molar-refractivity contribution in [3.05, 3.63) is 190 Å². The van der Waals surface area contributed by atoms with Crippen molar-refractivity contribution in [1.29, 1.82) is 0 Å². The lowest BCUT2D eigenvalue weighted by Gasteiger charge is -2.40. The van der Waals surface area contributed by atoms with Crippen LogP contribution in [0.4, 0.5) is 0 Å². The van der Waals surface area contributed by atoms with E-state index in [1.54, 1.807) is 16.7 Å². The van der Waals surface area contributed by atoms with Crippen LogP contribution in [0, 0.1) is 25.2 Å². The third-order valence-electron chi connectivity index (χ3n) is 12.5. The lowest BCUT2D eigenvalue weighted by Crippen LogP contribution is -2.38. The van der Waals surface area contributed by atoms with Crippen molar-refractivity contribution < 1.29 is 0 Å². The van der Waals surface area contributed by atoms with Gasteiger partial charge in [-0.2, -0.15) is 0 Å². The molecule has 0 heterocycles. The van der Waals surface area contributed by atoms with Crippen molar-refractivity contribution in [3.8, 4) is 11.1 Å². The first-order valence-corrected chi connectivity index (χ1v) is 22.5. The summed E-state index contributed by atoms with van der Waals surface area (Å²) in [5, 5.41) is 0. The van der Waals surface area contributed by atoms with E-state index in [0.717, 1.165) is 50.0 Å². The second-order valence-electron chi connectivity index (χ2n) is 17.5. The second kappa shape index (κ2) is 24.4. The van der Waals surface area contributed by atoms with Crippen molar-refractivity contribution >= 4 is 24.0 Å². The van der Waals surface area contributed by atoms with Gasteiger partial charge in [-0.05, 0) is 123 Å². The third kappa shape index (κ3) is 14.4. The molecule has 59 heavy (non-hydrogen) atoms. The van der Waals surface area contributed by atoms with E-state index in [1.807, 2.05) is 0 Å². The summed E-state index contributed by atoms with van der Waals surface area (Å²) in [5.41, 5.74) is 16.2. The first kappa shape index (κ1) is 47.8. The average molecular weight is 900 g/mol. The average Bonchev–Trinajstić information content (AvgIpc) is 3.62. The second-order valence-corrected chi connectivity index (χ2v) is 17.5. The smallest absolute Gasteiger partial charge is 0.0323 e. The lowest BCUT2D eigenvalue weighted by molar-refractivity contribution is 0.227. The first-order valence-electron chi connectivity index (χ1n) is 22.5. The summed E-state index contributed by atoms with van der Waals surface area (Å²) in [7, 11) is 0. The minimum atomic E-state index is 0. The van der Waals surface area contributed by atoms with Gasteiger partial charge >= 0.3 is 0 Å². The van der Waals surface area contributed by atoms with E-state index in [4.69, 9.17) is 0 Å². The van der Waals surface area contributed by atoms with Gasteiger partial charge in [-0.15, -0.1) is 24.0 Å². The molecule has 2 aromatic carbocycles. The van der Waals surface area contributed by atoms with E-state index in [1.165, 1.54) is 96.8 Å². The molecule has 4 aliphatic carbocycles. The Bertz CT molecular complexity index is 2000. The predicted molar refractivity (Wildman–Crippen MR) is 271 cm³/mol. The molecule has 2 unspecified atom stereocenters. The molecule has 0 amide bonds. The molecule has 0 fully saturated rings. The third-order valence-corrected chi connectivity index (χ3v) is 12.5. The van der Waals surface area contributed by atoms with Gasteiger partial charge in [-0.3, -0.25) is 0 Å². The molecule has 0 bridgehead atoms. The molecule has 0 N–H and O–H groups in total. The van der Waals surface area contributed by atoms with Crippen LogP contribution in [-0.4, -0.2) is 18.0 Å². The molecule has 2 aromatic rings. The Kier molecular flexibility index (Phi) is 19.8. The predicted octanol–water partition coefficient (Wildman–Crippen LogP) is 17.0. The molecule has 0 spiro atoms. The van der Waals surface area contributed by atoms with Crippen molar-refractivity contribution in [3.63, 3.8) is 0 Å². The van der Waals surface area contributed by atoms with E-state index in [0.29, 0.717) is 5.92 Å². The van der Waals surface area contributed by atoms with E-state index >= 15 is 0 Å². The van der Waals surface area contributed by atoms with Gasteiger partial charge in [0.2, 0.25) is 0 Å². The number of rotatable bonds is 16. The van der Waals surface area contributed by atoms with Gasteiger partial charge in [-0.25, -0.2) is 0 Å². The van der Waals surface area contributed by atoms with Gasteiger partial charge in [0.1, 0.15) is 0 Å². The molecule has 1 nitrogen and oxygen atoms in total. The van der Waals surface area contributed by atoms with Gasteiger partial charge in [0.05, 0.1) is 0 Å². The highest BCUT2D eigenvalue weighted by atomic mass is 127. The Morgan fingerprint density at radius 3 is 2.44 bits per heavy atom. The SMILES string of the molecule is C=C(/C=C(/C)C(=C)N(CCCCCC)CC1(C)CC=CC=C1CCC)C1=CCC=C(CC2CC=CC3=C2C=CCCC3)C=C1.Cc1ccc(-c2cccc(C)c2)cc1.I. The highest BCUT2D eigenvalue weighted by Gasteiger charge is 2.31. The molecular weight excluding hydrogens is 826 g/mol. The molecule has 2 heteroatoms. The van der Waals surface area contributed by atoms with Crippen LogP contribution < -0.4 is 0 Å². The van der Waals surface area contributed by atoms with Crippen LogP contribution in [0.15, 0.2) is 179 Å². The van der Waals surface area contributed by atoms with E-state index < -0.39 is 0 Å². The minimum absolute atomic E-state index is 0. The zero-order chi connectivity index (χ0) is 41.3. The largest absolute Gasteiger partial charge is 0.371 e. The standard InChI is InChI=1S/C43H59N.C14H14.HI/c1-7-9-10-16-30-44(33-43(6)29-15-14-25-41(43)19-8-2)36(5)34(3)31-35(4)38-22-17-20-37(27-28-38)32-40-24-18-23-39-21-12-11-13-26-42(39)40;1-11-6-8-13(9-7-11)14-5-3-4-12(2)10-14;/h13-15,18,20,22-23,25-28,31,40H,4-5,7-12,16-17,19,21,24,29-30,32-33H2,1-3,6H3;3-10H,1-2H3;1H/b34-31-;;. The molecule has 0 aromatic heterocycles. The van der Waals surface area contributed by atoms with Crippen molar-refractivity contribution in [2.45, 2.75) is 125 Å². The molecule has 0 saturated heterocycles. The maximum atomic E-state index is 4.67. The number of unbranched alkanes of at least 4 members (excludes halogenated alkanes) is 3. The Morgan fingerprint density at radius 2 is 1.68 bits per heavy atom. The Morgan fingerprint density at radius 1 is 0.864 bits per heavy atom. The summed E-state index contributed by atoms with van der Waals surface area (Å²) in [4.78, 5) is 2.58. The number of allylic oxidation sites excluding steroid dienone is 18. The molecular formula is C57H74IN. The van der Waals surface area contributed by atoms with Crippen molar-refractivity contribution in [2.24, 2.45) is 11.3 Å². The number of hydrogen-bond acceptors (Lipinski definition) is 1. The van der Waals surface area contributed by atoms with Gasteiger partial charge in [-0.1, -0.05) is 203 Å². The summed E-state index contributed by atoms with van der Waals surface area (Å²) in [6.45, 7) is 24.8. The number of nitrogens with zero attached hydrogens (tertiary/aromatic N) is 1. The van der Waals surface area contributed by atoms with Crippen LogP contribution >= 0.6 is 24.0 Å². The topological polar surface area (TPSA) is 3.24 Å². The van der Waals surface area contributed by atoms with Gasteiger partial charge in [0.25, 0.3) is 0 Å². The molecule has 6 rings (SSSR count). The summed E-state index contributed by atoms with van der Waals surface area (Å²) in [5.74, 6) is 0.591. The summed E-state index contributed by atoms with van der Waals surface area (Å²) < 4.78 is 0. The van der Waals surface area contributed by atoms with Crippen LogP contribution in [0.1, 0.15) is 122 Å². The van der Waals surface area contributed by atoms with Crippen LogP contribution in [-0.2, 0) is 0 Å². The van der Waals surface area contributed by atoms with Crippen LogP contribution in [0.5, 0.6) is 0 Å².